The van der Waals surface area contributed by atoms with Gasteiger partial charge in [-0.2, -0.15) is 13.2 Å². The van der Waals surface area contributed by atoms with E-state index in [0.29, 0.717) is 0 Å². The van der Waals surface area contributed by atoms with Crippen molar-refractivity contribution in [2.45, 2.75) is 25.2 Å². The summed E-state index contributed by atoms with van der Waals surface area (Å²) in [6.07, 6.45) is -4.10. The van der Waals surface area contributed by atoms with E-state index in [1.54, 1.807) is 18.2 Å². The minimum atomic E-state index is -4.33. The predicted molar refractivity (Wildman–Crippen MR) is 59.6 cm³/mol. The number of halogens is 3. The number of amides is 1. The van der Waals surface area contributed by atoms with Gasteiger partial charge in [0.15, 0.2) is 0 Å². The first kappa shape index (κ1) is 12.9. The lowest BCUT2D eigenvalue weighted by molar-refractivity contribution is -0.156. The van der Waals surface area contributed by atoms with E-state index in [1.165, 1.54) is 0 Å². The van der Waals surface area contributed by atoms with Gasteiger partial charge in [0.25, 0.3) is 0 Å². The molecule has 18 heavy (non-hydrogen) atoms. The number of benzene rings is 1. The zero-order valence-corrected chi connectivity index (χ0v) is 9.57. The van der Waals surface area contributed by atoms with Gasteiger partial charge >= 0.3 is 6.18 Å². The number of hydrogen-bond donors (Lipinski definition) is 1. The van der Waals surface area contributed by atoms with Crippen molar-refractivity contribution in [1.29, 1.82) is 0 Å². The Morgan fingerprint density at radius 1 is 1.33 bits per heavy atom. The third-order valence-corrected chi connectivity index (χ3v) is 3.06. The summed E-state index contributed by atoms with van der Waals surface area (Å²) in [5.74, 6) is -0.714. The van der Waals surface area contributed by atoms with Gasteiger partial charge in [-0.25, -0.2) is 0 Å². The number of hydrogen-bond acceptors (Lipinski definition) is 2. The maximum Gasteiger partial charge on any atom is 0.401 e. The molecule has 6 heteroatoms. The topological polar surface area (TPSA) is 46.3 Å². The number of alkyl halides is 3. The fraction of sp³-hybridized carbons (Fsp3) is 0.417. The van der Waals surface area contributed by atoms with Crippen LogP contribution in [0.2, 0.25) is 0 Å². The van der Waals surface area contributed by atoms with Gasteiger partial charge in [-0.1, -0.05) is 24.3 Å². The number of nitrogens with zero attached hydrogens (tertiary/aromatic N) is 1. The summed E-state index contributed by atoms with van der Waals surface area (Å²) in [7, 11) is 0. The van der Waals surface area contributed by atoms with Gasteiger partial charge < -0.3 is 5.73 Å². The van der Waals surface area contributed by atoms with Crippen LogP contribution in [0.5, 0.6) is 0 Å². The van der Waals surface area contributed by atoms with Crippen molar-refractivity contribution >= 4 is 5.91 Å². The molecule has 0 bridgehead atoms. The molecule has 0 unspecified atom stereocenters. The highest BCUT2D eigenvalue weighted by molar-refractivity contribution is 5.80. The van der Waals surface area contributed by atoms with Gasteiger partial charge in [0.2, 0.25) is 5.91 Å². The number of nitrogens with two attached hydrogens (primary N) is 1. The molecule has 2 rings (SSSR count). The fourth-order valence-corrected chi connectivity index (χ4v) is 2.25. The molecule has 0 spiro atoms. The average Bonchev–Trinajstić information content (AvgIpc) is 2.25. The lowest BCUT2D eigenvalue weighted by atomic mass is 9.93. The van der Waals surface area contributed by atoms with Crippen LogP contribution in [0.4, 0.5) is 13.2 Å². The molecule has 0 fully saturated rings. The molecule has 1 aromatic rings. The minimum absolute atomic E-state index is 0.100. The summed E-state index contributed by atoms with van der Waals surface area (Å²) in [4.78, 5) is 12.4. The largest absolute Gasteiger partial charge is 0.401 e. The highest BCUT2D eigenvalue weighted by Gasteiger charge is 2.38. The lowest BCUT2D eigenvalue weighted by Crippen LogP contribution is -2.51. The normalized spacial score (nSPS) is 20.5. The zero-order valence-electron chi connectivity index (χ0n) is 9.57. The first-order valence-electron chi connectivity index (χ1n) is 5.54. The van der Waals surface area contributed by atoms with Crippen LogP contribution in [-0.2, 0) is 17.8 Å². The Labute approximate surface area is 102 Å². The van der Waals surface area contributed by atoms with Crippen molar-refractivity contribution in [3.63, 3.8) is 0 Å². The van der Waals surface area contributed by atoms with Crippen LogP contribution in [0.1, 0.15) is 11.1 Å². The number of fused-ring (bicyclic) bond motifs is 1. The van der Waals surface area contributed by atoms with Crippen molar-refractivity contribution < 1.29 is 18.0 Å². The van der Waals surface area contributed by atoms with Crippen LogP contribution >= 0.6 is 0 Å². The molecule has 1 heterocycles. The molecule has 1 atom stereocenters. The molecule has 0 aliphatic carbocycles. The van der Waals surface area contributed by atoms with Crippen LogP contribution in [0.3, 0.4) is 0 Å². The SMILES string of the molecule is NC(=O)[C@@H]1Cc2ccccc2CN1CC(F)(F)F. The summed E-state index contributed by atoms with van der Waals surface area (Å²) in [5.41, 5.74) is 6.89. The Bertz CT molecular complexity index is 459. The van der Waals surface area contributed by atoms with Gasteiger partial charge in [0, 0.05) is 6.54 Å². The van der Waals surface area contributed by atoms with E-state index in [0.717, 1.165) is 16.0 Å². The first-order chi connectivity index (χ1) is 8.37. The molecule has 1 amide bonds. The lowest BCUT2D eigenvalue weighted by Gasteiger charge is -2.35. The van der Waals surface area contributed by atoms with Crippen molar-refractivity contribution in [3.05, 3.63) is 35.4 Å². The Morgan fingerprint density at radius 2 is 1.94 bits per heavy atom. The maximum atomic E-state index is 12.5. The summed E-state index contributed by atoms with van der Waals surface area (Å²) in [6.45, 7) is -1.02. The van der Waals surface area contributed by atoms with E-state index >= 15 is 0 Å². The standard InChI is InChI=1S/C12H13F3N2O/c13-12(14,15)7-17-6-9-4-2-1-3-8(9)5-10(17)11(16)18/h1-4,10H,5-7H2,(H2,16,18)/t10-/m0/s1. The Hall–Kier alpha value is -1.56. The van der Waals surface area contributed by atoms with Crippen LogP contribution in [0.25, 0.3) is 0 Å². The Kier molecular flexibility index (Phi) is 3.30. The van der Waals surface area contributed by atoms with Gasteiger partial charge in [0.05, 0.1) is 12.6 Å². The summed E-state index contributed by atoms with van der Waals surface area (Å²) >= 11 is 0. The molecule has 1 aliphatic heterocycles. The third-order valence-electron chi connectivity index (χ3n) is 3.06. The monoisotopic (exact) mass is 258 g/mol. The molecule has 0 saturated carbocycles. The molecular formula is C12H13F3N2O. The molecule has 98 valence electrons. The Morgan fingerprint density at radius 3 is 2.50 bits per heavy atom. The van der Waals surface area contributed by atoms with Crippen molar-refractivity contribution in [3.8, 4) is 0 Å². The Balaban J connectivity index is 2.26. The second-order valence-electron chi connectivity index (χ2n) is 4.41. The maximum absolute atomic E-state index is 12.5. The third kappa shape index (κ3) is 2.81. The second kappa shape index (κ2) is 4.61. The number of carbonyl (C=O) groups excluding carboxylic acids is 1. The van der Waals surface area contributed by atoms with Gasteiger partial charge in [0.1, 0.15) is 0 Å². The summed E-state index contributed by atoms with van der Waals surface area (Å²) in [5, 5.41) is 0. The highest BCUT2D eigenvalue weighted by atomic mass is 19.4. The van der Waals surface area contributed by atoms with Crippen LogP contribution in [0.15, 0.2) is 24.3 Å². The van der Waals surface area contributed by atoms with Gasteiger partial charge in [-0.15, -0.1) is 0 Å². The molecule has 0 radical (unpaired) electrons. The van der Waals surface area contributed by atoms with Crippen LogP contribution in [-0.4, -0.2) is 29.6 Å². The second-order valence-corrected chi connectivity index (χ2v) is 4.41. The van der Waals surface area contributed by atoms with Crippen LogP contribution < -0.4 is 5.73 Å². The zero-order chi connectivity index (χ0) is 13.3. The van der Waals surface area contributed by atoms with E-state index in [2.05, 4.69) is 0 Å². The van der Waals surface area contributed by atoms with E-state index in [9.17, 15) is 18.0 Å². The molecule has 0 aromatic heterocycles. The average molecular weight is 258 g/mol. The summed E-state index contributed by atoms with van der Waals surface area (Å²) in [6, 6.07) is 6.28. The highest BCUT2D eigenvalue weighted by Crippen LogP contribution is 2.26. The van der Waals surface area contributed by atoms with E-state index < -0.39 is 24.7 Å². The van der Waals surface area contributed by atoms with E-state index in [-0.39, 0.29) is 13.0 Å². The minimum Gasteiger partial charge on any atom is -0.368 e. The predicted octanol–water partition coefficient (Wildman–Crippen LogP) is 1.46. The van der Waals surface area contributed by atoms with Crippen molar-refractivity contribution in [1.82, 2.24) is 4.90 Å². The first-order valence-corrected chi connectivity index (χ1v) is 5.54. The van der Waals surface area contributed by atoms with E-state index in [4.69, 9.17) is 5.73 Å². The molecule has 1 aliphatic rings. The van der Waals surface area contributed by atoms with Crippen LogP contribution in [0, 0.1) is 0 Å². The van der Waals surface area contributed by atoms with Gasteiger partial charge in [-0.3, -0.25) is 9.69 Å². The summed E-state index contributed by atoms with van der Waals surface area (Å²) < 4.78 is 37.4. The van der Waals surface area contributed by atoms with Crippen molar-refractivity contribution in [2.24, 2.45) is 5.73 Å². The van der Waals surface area contributed by atoms with E-state index in [1.807, 2.05) is 6.07 Å². The molecule has 3 nitrogen and oxygen atoms in total. The molecule has 2 N–H and O–H groups in total. The molecule has 0 saturated heterocycles. The number of carbonyl (C=O) groups is 1. The smallest absolute Gasteiger partial charge is 0.368 e. The number of primary amides is 1. The molecular weight excluding hydrogens is 245 g/mol. The fourth-order valence-electron chi connectivity index (χ4n) is 2.25. The molecule has 1 aromatic carbocycles. The quantitative estimate of drug-likeness (QED) is 0.873. The van der Waals surface area contributed by atoms with Gasteiger partial charge in [-0.05, 0) is 17.5 Å². The number of rotatable bonds is 2. The van der Waals surface area contributed by atoms with Crippen molar-refractivity contribution in [2.75, 3.05) is 6.54 Å².